The van der Waals surface area contributed by atoms with Crippen LogP contribution in [0.3, 0.4) is 0 Å². The topological polar surface area (TPSA) is 15.3 Å². The van der Waals surface area contributed by atoms with Crippen molar-refractivity contribution in [2.24, 2.45) is 0 Å². The van der Waals surface area contributed by atoms with E-state index in [4.69, 9.17) is 0 Å². The Morgan fingerprint density at radius 2 is 1.86 bits per heavy atom. The Bertz CT molecular complexity index is 101. The molecular formula is C12H28N2. The fourth-order valence-electron chi connectivity index (χ4n) is 1.78. The Kier molecular flexibility index (Phi) is 9.42. The lowest BCUT2D eigenvalue weighted by atomic mass is 10.1. The van der Waals surface area contributed by atoms with Crippen LogP contribution in [0.25, 0.3) is 0 Å². The van der Waals surface area contributed by atoms with Gasteiger partial charge in [-0.1, -0.05) is 20.3 Å². The quantitative estimate of drug-likeness (QED) is 0.575. The summed E-state index contributed by atoms with van der Waals surface area (Å²) < 4.78 is 0. The highest BCUT2D eigenvalue weighted by atomic mass is 15.1. The molecule has 0 radical (unpaired) electrons. The molecular weight excluding hydrogens is 172 g/mol. The average Bonchev–Trinajstić information content (AvgIpc) is 2.13. The van der Waals surface area contributed by atoms with Gasteiger partial charge in [0.25, 0.3) is 0 Å². The summed E-state index contributed by atoms with van der Waals surface area (Å²) in [5.74, 6) is 0. The lowest BCUT2D eigenvalue weighted by molar-refractivity contribution is 0.321. The van der Waals surface area contributed by atoms with Crippen molar-refractivity contribution in [1.29, 1.82) is 0 Å². The van der Waals surface area contributed by atoms with Crippen molar-refractivity contribution < 1.29 is 0 Å². The Labute approximate surface area is 90.1 Å². The predicted molar refractivity (Wildman–Crippen MR) is 64.8 cm³/mol. The minimum atomic E-state index is 0.691. The van der Waals surface area contributed by atoms with Crippen LogP contribution in [-0.2, 0) is 0 Å². The molecule has 0 spiro atoms. The van der Waals surface area contributed by atoms with E-state index < -0.39 is 0 Å². The Balaban J connectivity index is 3.19. The van der Waals surface area contributed by atoms with E-state index >= 15 is 0 Å². The standard InChI is InChI=1S/C12H28N2/c1-5-10-14(4)11-8-7-9-12(3)13-6-2/h12-13H,5-11H2,1-4H3. The van der Waals surface area contributed by atoms with Gasteiger partial charge in [-0.2, -0.15) is 0 Å². The molecule has 0 fully saturated rings. The van der Waals surface area contributed by atoms with Gasteiger partial charge in [0.1, 0.15) is 0 Å². The number of unbranched alkanes of at least 4 members (excludes halogenated alkanes) is 1. The van der Waals surface area contributed by atoms with E-state index in [1.807, 2.05) is 0 Å². The van der Waals surface area contributed by atoms with Gasteiger partial charge in [-0.25, -0.2) is 0 Å². The van der Waals surface area contributed by atoms with E-state index in [9.17, 15) is 0 Å². The third-order valence-corrected chi connectivity index (χ3v) is 2.58. The number of nitrogens with zero attached hydrogens (tertiary/aromatic N) is 1. The first-order valence-electron chi connectivity index (χ1n) is 6.12. The van der Waals surface area contributed by atoms with Gasteiger partial charge in [0.15, 0.2) is 0 Å². The largest absolute Gasteiger partial charge is 0.315 e. The van der Waals surface area contributed by atoms with E-state index in [0.29, 0.717) is 6.04 Å². The molecule has 0 amide bonds. The maximum absolute atomic E-state index is 3.45. The van der Waals surface area contributed by atoms with Crippen molar-refractivity contribution >= 4 is 0 Å². The summed E-state index contributed by atoms with van der Waals surface area (Å²) in [6.45, 7) is 10.3. The zero-order valence-electron chi connectivity index (χ0n) is 10.5. The van der Waals surface area contributed by atoms with Gasteiger partial charge < -0.3 is 10.2 Å². The first kappa shape index (κ1) is 13.9. The second-order valence-electron chi connectivity index (χ2n) is 4.26. The minimum absolute atomic E-state index is 0.691. The number of hydrogen-bond donors (Lipinski definition) is 1. The molecule has 1 unspecified atom stereocenters. The molecule has 0 aromatic carbocycles. The summed E-state index contributed by atoms with van der Waals surface area (Å²) in [7, 11) is 2.22. The van der Waals surface area contributed by atoms with Crippen molar-refractivity contribution in [2.45, 2.75) is 52.5 Å². The van der Waals surface area contributed by atoms with E-state index in [2.05, 4.69) is 38.0 Å². The molecule has 1 atom stereocenters. The Hall–Kier alpha value is -0.0800. The SMILES string of the molecule is CCCN(C)CCCCC(C)NCC. The van der Waals surface area contributed by atoms with Gasteiger partial charge >= 0.3 is 0 Å². The van der Waals surface area contributed by atoms with Gasteiger partial charge in [0.2, 0.25) is 0 Å². The number of hydrogen-bond acceptors (Lipinski definition) is 2. The monoisotopic (exact) mass is 200 g/mol. The summed E-state index contributed by atoms with van der Waals surface area (Å²) >= 11 is 0. The second-order valence-corrected chi connectivity index (χ2v) is 4.26. The van der Waals surface area contributed by atoms with Crippen LogP contribution in [0.5, 0.6) is 0 Å². The molecule has 86 valence electrons. The van der Waals surface area contributed by atoms with Gasteiger partial charge in [-0.3, -0.25) is 0 Å². The van der Waals surface area contributed by atoms with Crippen molar-refractivity contribution in [2.75, 3.05) is 26.7 Å². The fraction of sp³-hybridized carbons (Fsp3) is 1.00. The first-order chi connectivity index (χ1) is 6.70. The first-order valence-corrected chi connectivity index (χ1v) is 6.12. The van der Waals surface area contributed by atoms with Crippen LogP contribution in [0.1, 0.15) is 46.5 Å². The molecule has 2 nitrogen and oxygen atoms in total. The maximum Gasteiger partial charge on any atom is 0.00386 e. The Morgan fingerprint density at radius 3 is 2.43 bits per heavy atom. The minimum Gasteiger partial charge on any atom is -0.315 e. The second kappa shape index (κ2) is 9.47. The van der Waals surface area contributed by atoms with Gasteiger partial charge in [0.05, 0.1) is 0 Å². The molecule has 0 saturated heterocycles. The highest BCUT2D eigenvalue weighted by Crippen LogP contribution is 2.01. The maximum atomic E-state index is 3.45. The van der Waals surface area contributed by atoms with Crippen LogP contribution in [0.4, 0.5) is 0 Å². The summed E-state index contributed by atoms with van der Waals surface area (Å²) in [6, 6.07) is 0.691. The van der Waals surface area contributed by atoms with Crippen LogP contribution in [0.15, 0.2) is 0 Å². The lowest BCUT2D eigenvalue weighted by Gasteiger charge is -2.16. The van der Waals surface area contributed by atoms with E-state index in [-0.39, 0.29) is 0 Å². The highest BCUT2D eigenvalue weighted by Gasteiger charge is 2.00. The molecule has 0 saturated carbocycles. The summed E-state index contributed by atoms with van der Waals surface area (Å²) in [5.41, 5.74) is 0. The fourth-order valence-corrected chi connectivity index (χ4v) is 1.78. The molecule has 0 rings (SSSR count). The van der Waals surface area contributed by atoms with Crippen molar-refractivity contribution in [3.8, 4) is 0 Å². The molecule has 0 aromatic rings. The molecule has 0 bridgehead atoms. The molecule has 1 N–H and O–H groups in total. The van der Waals surface area contributed by atoms with E-state index in [1.165, 1.54) is 38.8 Å². The lowest BCUT2D eigenvalue weighted by Crippen LogP contribution is -2.26. The molecule has 2 heteroatoms. The van der Waals surface area contributed by atoms with Crippen molar-refractivity contribution in [1.82, 2.24) is 10.2 Å². The molecule has 0 aliphatic rings. The predicted octanol–water partition coefficient (Wildman–Crippen LogP) is 2.50. The van der Waals surface area contributed by atoms with Crippen LogP contribution in [0, 0.1) is 0 Å². The summed E-state index contributed by atoms with van der Waals surface area (Å²) in [4.78, 5) is 2.43. The molecule has 0 heterocycles. The number of rotatable bonds is 9. The molecule has 0 aromatic heterocycles. The van der Waals surface area contributed by atoms with Gasteiger partial charge in [-0.15, -0.1) is 0 Å². The summed E-state index contributed by atoms with van der Waals surface area (Å²) in [5, 5.41) is 3.45. The van der Waals surface area contributed by atoms with Crippen LogP contribution in [-0.4, -0.2) is 37.6 Å². The highest BCUT2D eigenvalue weighted by molar-refractivity contribution is 4.60. The smallest absolute Gasteiger partial charge is 0.00386 e. The van der Waals surface area contributed by atoms with Gasteiger partial charge in [0, 0.05) is 6.04 Å². The van der Waals surface area contributed by atoms with Gasteiger partial charge in [-0.05, 0) is 52.9 Å². The molecule has 0 aliphatic carbocycles. The normalized spacial score (nSPS) is 13.5. The van der Waals surface area contributed by atoms with Crippen molar-refractivity contribution in [3.05, 3.63) is 0 Å². The molecule has 14 heavy (non-hydrogen) atoms. The average molecular weight is 200 g/mol. The van der Waals surface area contributed by atoms with Crippen LogP contribution in [0.2, 0.25) is 0 Å². The third-order valence-electron chi connectivity index (χ3n) is 2.58. The number of nitrogens with one attached hydrogen (secondary N) is 1. The van der Waals surface area contributed by atoms with E-state index in [0.717, 1.165) is 6.54 Å². The van der Waals surface area contributed by atoms with E-state index in [1.54, 1.807) is 0 Å². The van der Waals surface area contributed by atoms with Crippen LogP contribution < -0.4 is 5.32 Å². The van der Waals surface area contributed by atoms with Crippen molar-refractivity contribution in [3.63, 3.8) is 0 Å². The Morgan fingerprint density at radius 1 is 1.14 bits per heavy atom. The summed E-state index contributed by atoms with van der Waals surface area (Å²) in [6.07, 6.45) is 5.27. The van der Waals surface area contributed by atoms with Crippen LogP contribution >= 0.6 is 0 Å². The zero-order chi connectivity index (χ0) is 10.8. The third kappa shape index (κ3) is 8.52. The molecule has 0 aliphatic heterocycles. The zero-order valence-corrected chi connectivity index (χ0v) is 10.5.